The molecule has 4 aliphatic heterocycles. The van der Waals surface area contributed by atoms with Gasteiger partial charge in [-0.05, 0) is 48.3 Å². The van der Waals surface area contributed by atoms with E-state index >= 15 is 0 Å². The van der Waals surface area contributed by atoms with E-state index in [0.29, 0.717) is 0 Å². The van der Waals surface area contributed by atoms with Gasteiger partial charge < -0.3 is 18.9 Å². The molecule has 0 aromatic carbocycles. The van der Waals surface area contributed by atoms with Crippen molar-refractivity contribution < 1.29 is 52.5 Å². The Hall–Kier alpha value is -3.37. The molecule has 0 N–H and O–H groups in total. The summed E-state index contributed by atoms with van der Waals surface area (Å²) in [6, 6.07) is 0. The highest BCUT2D eigenvalue weighted by Crippen LogP contribution is 2.74. The van der Waals surface area contributed by atoms with Gasteiger partial charge in [0.05, 0.1) is 41.4 Å². The van der Waals surface area contributed by atoms with E-state index in [1.807, 2.05) is 0 Å². The molecular formula is C25H20O11. The van der Waals surface area contributed by atoms with Gasteiger partial charge in [0.1, 0.15) is 5.76 Å². The third-order valence-electron chi connectivity index (χ3n) is 10.8. The smallest absolute Gasteiger partial charge is 0.318 e. The van der Waals surface area contributed by atoms with E-state index in [0.717, 1.165) is 12.8 Å². The van der Waals surface area contributed by atoms with Crippen molar-refractivity contribution >= 4 is 41.8 Å². The van der Waals surface area contributed by atoms with Crippen LogP contribution in [0.5, 0.6) is 0 Å². The van der Waals surface area contributed by atoms with Crippen molar-refractivity contribution in [3.63, 3.8) is 0 Å². The molecule has 186 valence electrons. The van der Waals surface area contributed by atoms with Gasteiger partial charge in [-0.1, -0.05) is 6.58 Å². The monoisotopic (exact) mass is 496 g/mol. The van der Waals surface area contributed by atoms with Crippen LogP contribution in [0.25, 0.3) is 0 Å². The summed E-state index contributed by atoms with van der Waals surface area (Å²) in [7, 11) is 0. The minimum Gasteiger partial charge on any atom is -0.431 e. The van der Waals surface area contributed by atoms with Crippen LogP contribution in [0, 0.1) is 82.9 Å². The number of carbonyl (C=O) groups is 7. The number of fused-ring (bicyclic) bond motifs is 19. The first kappa shape index (κ1) is 20.8. The lowest BCUT2D eigenvalue weighted by Gasteiger charge is -2.40. The van der Waals surface area contributed by atoms with Crippen LogP contribution in [-0.4, -0.2) is 41.8 Å². The van der Waals surface area contributed by atoms with Crippen molar-refractivity contribution in [2.75, 3.05) is 0 Å². The first-order valence-electron chi connectivity index (χ1n) is 12.4. The van der Waals surface area contributed by atoms with Gasteiger partial charge in [0.15, 0.2) is 0 Å². The molecule has 36 heavy (non-hydrogen) atoms. The van der Waals surface area contributed by atoms with E-state index < -0.39 is 35.7 Å². The van der Waals surface area contributed by atoms with Gasteiger partial charge in [0, 0.05) is 5.92 Å². The molecule has 0 amide bonds. The number of rotatable bonds is 0. The van der Waals surface area contributed by atoms with Gasteiger partial charge in [-0.15, -0.1) is 0 Å². The first-order chi connectivity index (χ1) is 17.2. The molecule has 12 unspecified atom stereocenters. The summed E-state index contributed by atoms with van der Waals surface area (Å²) in [5.74, 6) is -4.88. The van der Waals surface area contributed by atoms with E-state index in [1.165, 1.54) is 0 Å². The Morgan fingerprint density at radius 2 is 0.694 bits per heavy atom. The van der Waals surface area contributed by atoms with Crippen LogP contribution in [0.2, 0.25) is 0 Å². The molecule has 0 spiro atoms. The van der Waals surface area contributed by atoms with Crippen molar-refractivity contribution in [2.24, 2.45) is 82.9 Å². The Bertz CT molecular complexity index is 1070. The average Bonchev–Trinajstić information content (AvgIpc) is 3.60. The number of allylic oxidation sites excluding steroid dienone is 1. The molecule has 0 aromatic rings. The molecule has 4 heterocycles. The summed E-state index contributed by atoms with van der Waals surface area (Å²) in [6.45, 7) is 3.55. The molecule has 11 nitrogen and oxygen atoms in total. The average molecular weight is 496 g/mol. The van der Waals surface area contributed by atoms with Crippen LogP contribution in [0.15, 0.2) is 12.3 Å². The minimum absolute atomic E-state index is 0.151. The van der Waals surface area contributed by atoms with Gasteiger partial charge in [0.25, 0.3) is 0 Å². The van der Waals surface area contributed by atoms with Crippen LogP contribution < -0.4 is 0 Å². The van der Waals surface area contributed by atoms with Crippen molar-refractivity contribution in [3.8, 4) is 0 Å². The summed E-state index contributed by atoms with van der Waals surface area (Å²) in [4.78, 5) is 81.6. The van der Waals surface area contributed by atoms with E-state index in [4.69, 9.17) is 14.2 Å². The third kappa shape index (κ3) is 2.12. The van der Waals surface area contributed by atoms with E-state index in [9.17, 15) is 33.6 Å². The van der Waals surface area contributed by atoms with Crippen LogP contribution >= 0.6 is 0 Å². The SMILES string of the molecule is C=C1OC(=O)C2C1C1C(=O)OC(=O)C21.O=C1OC(=O)C2C3CC(C12)C1C2CC(C4C(=O)OC(=O)C24)C31. The maximum Gasteiger partial charge on any atom is 0.318 e. The molecule has 12 atom stereocenters. The van der Waals surface area contributed by atoms with Crippen LogP contribution in [0.4, 0.5) is 0 Å². The quantitative estimate of drug-likeness (QED) is 0.189. The highest BCUT2D eigenvalue weighted by Gasteiger charge is 2.77. The van der Waals surface area contributed by atoms with Crippen molar-refractivity contribution in [3.05, 3.63) is 12.3 Å². The summed E-state index contributed by atoms with van der Waals surface area (Å²) in [5.41, 5.74) is 0. The van der Waals surface area contributed by atoms with Gasteiger partial charge in [0.2, 0.25) is 0 Å². The van der Waals surface area contributed by atoms with Crippen molar-refractivity contribution in [1.29, 1.82) is 0 Å². The Morgan fingerprint density at radius 3 is 1.06 bits per heavy atom. The fraction of sp³-hybridized carbons (Fsp3) is 0.640. The van der Waals surface area contributed by atoms with Crippen molar-refractivity contribution in [2.45, 2.75) is 12.8 Å². The number of hydrogen-bond acceptors (Lipinski definition) is 11. The minimum atomic E-state index is -0.626. The highest BCUT2D eigenvalue weighted by atomic mass is 16.6. The highest BCUT2D eigenvalue weighted by molar-refractivity contribution is 6.03. The lowest BCUT2D eigenvalue weighted by Crippen LogP contribution is -2.48. The number of esters is 7. The van der Waals surface area contributed by atoms with Crippen LogP contribution in [-0.2, 0) is 52.5 Å². The molecule has 5 saturated carbocycles. The Morgan fingerprint density at radius 1 is 0.417 bits per heavy atom. The fourth-order valence-corrected chi connectivity index (χ4v) is 9.93. The van der Waals surface area contributed by atoms with Gasteiger partial charge in [-0.25, -0.2) is 0 Å². The second-order valence-electron chi connectivity index (χ2n) is 11.6. The molecule has 4 saturated heterocycles. The first-order valence-corrected chi connectivity index (χ1v) is 12.4. The Balaban J connectivity index is 0.000000127. The molecule has 11 heteroatoms. The second kappa shape index (κ2) is 6.30. The predicted octanol–water partition coefficient (Wildman–Crippen LogP) is -0.231. The Labute approximate surface area is 202 Å². The van der Waals surface area contributed by atoms with E-state index in [-0.39, 0.29) is 94.7 Å². The van der Waals surface area contributed by atoms with Gasteiger partial charge in [-0.3, -0.25) is 33.6 Å². The molecular weight excluding hydrogens is 476 g/mol. The lowest BCUT2D eigenvalue weighted by molar-refractivity contribution is -0.156. The van der Waals surface area contributed by atoms with Crippen molar-refractivity contribution in [1.82, 2.24) is 0 Å². The fourth-order valence-electron chi connectivity index (χ4n) is 9.93. The zero-order chi connectivity index (χ0) is 24.9. The normalized spacial score (nSPS) is 53.6. The predicted molar refractivity (Wildman–Crippen MR) is 107 cm³/mol. The van der Waals surface area contributed by atoms with E-state index in [2.05, 4.69) is 11.3 Å². The molecule has 0 radical (unpaired) electrons. The molecule has 9 rings (SSSR count). The van der Waals surface area contributed by atoms with Crippen LogP contribution in [0.3, 0.4) is 0 Å². The number of hydrogen-bond donors (Lipinski definition) is 0. The van der Waals surface area contributed by atoms with Crippen LogP contribution in [0.1, 0.15) is 12.8 Å². The van der Waals surface area contributed by atoms with E-state index in [1.54, 1.807) is 0 Å². The topological polar surface area (TPSA) is 156 Å². The maximum atomic E-state index is 12.0. The number of ether oxygens (including phenoxy) is 4. The zero-order valence-electron chi connectivity index (χ0n) is 18.7. The Kier molecular flexibility index (Phi) is 3.64. The third-order valence-corrected chi connectivity index (χ3v) is 10.8. The number of carbonyl (C=O) groups excluding carboxylic acids is 7. The summed E-state index contributed by atoms with van der Waals surface area (Å²) in [6.07, 6.45) is 1.75. The molecule has 0 aromatic heterocycles. The lowest BCUT2D eigenvalue weighted by atomic mass is 9.58. The standard InChI is InChI=1S/C16H14O6.C9H6O5/c17-13-9-3-1-4(10(9)14(18)21-13)8-6-2-5(7(3)8)11-12(6)16(20)22-15(11)19;1-2-3-4(7(10)13-2)6-5(3)8(11)14-9(6)12/h3-12H,1-2H2;3-6H,1H2. The largest absolute Gasteiger partial charge is 0.431 e. The maximum absolute atomic E-state index is 12.0. The molecule has 4 bridgehead atoms. The molecule has 9 fully saturated rings. The molecule has 5 aliphatic carbocycles. The zero-order valence-corrected chi connectivity index (χ0v) is 18.7. The molecule has 9 aliphatic rings. The summed E-state index contributed by atoms with van der Waals surface area (Å²) in [5, 5.41) is 0. The second-order valence-corrected chi connectivity index (χ2v) is 11.6. The van der Waals surface area contributed by atoms with Gasteiger partial charge in [-0.2, -0.15) is 0 Å². The summed E-state index contributed by atoms with van der Waals surface area (Å²) >= 11 is 0. The van der Waals surface area contributed by atoms with Gasteiger partial charge >= 0.3 is 41.8 Å². The summed E-state index contributed by atoms with van der Waals surface area (Å²) < 4.78 is 19.0. The number of cyclic esters (lactones) is 7.